The van der Waals surface area contributed by atoms with Crippen LogP contribution >= 0.6 is 0 Å². The van der Waals surface area contributed by atoms with E-state index in [9.17, 15) is 0 Å². The largest absolute Gasteiger partial charge is 0.106 e. The quantitative estimate of drug-likeness (QED) is 0.411. The second-order valence-corrected chi connectivity index (χ2v) is 1.21. The van der Waals surface area contributed by atoms with E-state index in [1.54, 1.807) is 13.3 Å². The van der Waals surface area contributed by atoms with Crippen molar-refractivity contribution in [2.45, 2.75) is 20.3 Å². The van der Waals surface area contributed by atoms with Gasteiger partial charge < -0.3 is 0 Å². The third-order valence-corrected chi connectivity index (χ3v) is 0.568. The van der Waals surface area contributed by atoms with Crippen LogP contribution in [0.3, 0.4) is 0 Å². The Balaban J connectivity index is 3.24. The first-order chi connectivity index (χ1) is 3.91. The summed E-state index contributed by atoms with van der Waals surface area (Å²) in [4.78, 5) is 0. The van der Waals surface area contributed by atoms with Crippen LogP contribution in [0.5, 0.6) is 0 Å². The lowest BCUT2D eigenvalue weighted by Crippen LogP contribution is -1.59. The average molecular weight is 105 g/mol. The van der Waals surface area contributed by atoms with Crippen LogP contribution in [0.2, 0.25) is 0 Å². The number of hydrogen-bond acceptors (Lipinski definition) is 0. The van der Waals surface area contributed by atoms with Gasteiger partial charge >= 0.3 is 0 Å². The molecule has 0 saturated heterocycles. The molecule has 0 spiro atoms. The summed E-state index contributed by atoms with van der Waals surface area (Å²) in [6.07, 6.45) is 2.57. The lowest BCUT2D eigenvalue weighted by molar-refractivity contribution is 1.28. The topological polar surface area (TPSA) is 0 Å². The molecule has 0 heterocycles. The molecule has 1 radical (unpaired) electrons. The minimum Gasteiger partial charge on any atom is -0.105 e. The minimum atomic E-state index is 0.905. The molecule has 0 heteroatoms. The van der Waals surface area contributed by atoms with Crippen LogP contribution in [0.15, 0.2) is 0 Å². The molecule has 0 aliphatic heterocycles. The number of rotatable bonds is 0. The second-order valence-electron chi connectivity index (χ2n) is 1.21. The van der Waals surface area contributed by atoms with Crippen molar-refractivity contribution in [1.29, 1.82) is 0 Å². The van der Waals surface area contributed by atoms with Gasteiger partial charge in [0.25, 0.3) is 0 Å². The summed E-state index contributed by atoms with van der Waals surface area (Å²) in [6, 6.07) is 0. The Labute approximate surface area is 51.3 Å². The van der Waals surface area contributed by atoms with E-state index in [1.165, 1.54) is 0 Å². The molecule has 0 unspecified atom stereocenters. The predicted octanol–water partition coefficient (Wildman–Crippen LogP) is 1.63. The van der Waals surface area contributed by atoms with Gasteiger partial charge in [-0.05, 0) is 6.92 Å². The van der Waals surface area contributed by atoms with E-state index < -0.39 is 0 Å². The molecule has 0 nitrogen and oxygen atoms in total. The van der Waals surface area contributed by atoms with E-state index in [0.29, 0.717) is 0 Å². The van der Waals surface area contributed by atoms with E-state index in [4.69, 9.17) is 0 Å². The summed E-state index contributed by atoms with van der Waals surface area (Å²) in [7, 11) is 0. The molecule has 0 bridgehead atoms. The third kappa shape index (κ3) is 5.12. The molecule has 41 valence electrons. The Kier molecular flexibility index (Phi) is 5.45. The highest BCUT2D eigenvalue weighted by molar-refractivity contribution is 5.24. The summed E-state index contributed by atoms with van der Waals surface area (Å²) in [6.45, 7) is 3.81. The molecule has 0 N–H and O–H groups in total. The van der Waals surface area contributed by atoms with Crippen LogP contribution in [0.4, 0.5) is 0 Å². The Morgan fingerprint density at radius 3 is 2.62 bits per heavy atom. The Morgan fingerprint density at radius 1 is 1.38 bits per heavy atom. The van der Waals surface area contributed by atoms with Crippen LogP contribution < -0.4 is 0 Å². The van der Waals surface area contributed by atoms with Gasteiger partial charge in [-0.25, -0.2) is 0 Å². The fourth-order valence-electron chi connectivity index (χ4n) is 0.261. The third-order valence-electron chi connectivity index (χ3n) is 0.568. The lowest BCUT2D eigenvalue weighted by Gasteiger charge is -1.67. The Bertz CT molecular complexity index is 144. The molecular weight excluding hydrogens is 96.1 g/mol. The Morgan fingerprint density at radius 2 is 2.12 bits per heavy atom. The summed E-state index contributed by atoms with van der Waals surface area (Å²) >= 11 is 0. The van der Waals surface area contributed by atoms with E-state index in [0.717, 1.165) is 6.42 Å². The molecular formula is C8H9. The van der Waals surface area contributed by atoms with Gasteiger partial charge in [0.05, 0.1) is 0 Å². The lowest BCUT2D eigenvalue weighted by atomic mass is 10.4. The van der Waals surface area contributed by atoms with Crippen LogP contribution in [0, 0.1) is 30.1 Å². The van der Waals surface area contributed by atoms with Gasteiger partial charge in [0, 0.05) is 6.42 Å². The summed E-state index contributed by atoms with van der Waals surface area (Å²) in [5, 5.41) is 0. The molecule has 0 aromatic rings. The van der Waals surface area contributed by atoms with Crippen molar-refractivity contribution in [3.05, 3.63) is 6.42 Å². The van der Waals surface area contributed by atoms with Crippen LogP contribution in [-0.2, 0) is 0 Å². The van der Waals surface area contributed by atoms with E-state index in [1.807, 2.05) is 6.92 Å². The zero-order valence-corrected chi connectivity index (χ0v) is 5.28. The van der Waals surface area contributed by atoms with Crippen molar-refractivity contribution in [2.24, 2.45) is 0 Å². The van der Waals surface area contributed by atoms with E-state index >= 15 is 0 Å². The maximum atomic E-state index is 2.88. The summed E-state index contributed by atoms with van der Waals surface area (Å²) in [5.41, 5.74) is 0. The van der Waals surface area contributed by atoms with Gasteiger partial charge in [0.2, 0.25) is 0 Å². The fourth-order valence-corrected chi connectivity index (χ4v) is 0.261. The average Bonchev–Trinajstić information content (AvgIpc) is 1.81. The maximum absolute atomic E-state index is 2.88. The van der Waals surface area contributed by atoms with Crippen molar-refractivity contribution < 1.29 is 0 Å². The molecule has 0 atom stereocenters. The van der Waals surface area contributed by atoms with Gasteiger partial charge in [-0.15, -0.1) is 11.8 Å². The van der Waals surface area contributed by atoms with Gasteiger partial charge in [-0.3, -0.25) is 0 Å². The highest BCUT2D eigenvalue weighted by Crippen LogP contribution is 1.70. The van der Waals surface area contributed by atoms with Crippen molar-refractivity contribution in [1.82, 2.24) is 0 Å². The zero-order chi connectivity index (χ0) is 6.24. The molecule has 0 rings (SSSR count). The molecule has 0 amide bonds. The summed E-state index contributed by atoms with van der Waals surface area (Å²) in [5.74, 6) is 11.1. The van der Waals surface area contributed by atoms with E-state index in [-0.39, 0.29) is 0 Å². The first kappa shape index (κ1) is 7.12. The molecule has 0 fully saturated rings. The van der Waals surface area contributed by atoms with Crippen LogP contribution in [-0.4, -0.2) is 0 Å². The monoisotopic (exact) mass is 105 g/mol. The first-order valence-electron chi connectivity index (χ1n) is 2.64. The van der Waals surface area contributed by atoms with Gasteiger partial charge in [-0.1, -0.05) is 18.8 Å². The van der Waals surface area contributed by atoms with Crippen molar-refractivity contribution in [3.63, 3.8) is 0 Å². The Hall–Kier alpha value is -0.880. The van der Waals surface area contributed by atoms with Crippen LogP contribution in [0.1, 0.15) is 20.3 Å². The fraction of sp³-hybridized carbons (Fsp3) is 0.375. The van der Waals surface area contributed by atoms with Crippen molar-refractivity contribution in [2.75, 3.05) is 0 Å². The standard InChI is InChI=1S/C8H9/c1-3-5-7-8-6-4-2/h8H,3H2,1-2H3. The second kappa shape index (κ2) is 6.12. The zero-order valence-electron chi connectivity index (χ0n) is 5.28. The normalized spacial score (nSPS) is 5.75. The molecule has 0 aliphatic carbocycles. The highest BCUT2D eigenvalue weighted by atomic mass is 13.7. The molecule has 0 aromatic carbocycles. The van der Waals surface area contributed by atoms with Crippen molar-refractivity contribution >= 4 is 0 Å². The van der Waals surface area contributed by atoms with Gasteiger partial charge in [-0.2, -0.15) is 0 Å². The molecule has 0 saturated carbocycles. The van der Waals surface area contributed by atoms with Gasteiger partial charge in [0.15, 0.2) is 0 Å². The number of hydrogen-bond donors (Lipinski definition) is 0. The SMILES string of the molecule is CC#C[CH]C#CCC. The molecule has 8 heavy (non-hydrogen) atoms. The smallest absolute Gasteiger partial charge is 0.105 e. The van der Waals surface area contributed by atoms with Crippen LogP contribution in [0.25, 0.3) is 0 Å². The van der Waals surface area contributed by atoms with E-state index in [2.05, 4.69) is 23.7 Å². The van der Waals surface area contributed by atoms with Gasteiger partial charge in [0.1, 0.15) is 6.42 Å². The summed E-state index contributed by atoms with van der Waals surface area (Å²) < 4.78 is 0. The molecule has 0 aliphatic rings. The predicted molar refractivity (Wildman–Crippen MR) is 35.8 cm³/mol. The highest BCUT2D eigenvalue weighted by Gasteiger charge is 1.62. The maximum Gasteiger partial charge on any atom is 0.106 e. The first-order valence-corrected chi connectivity index (χ1v) is 2.64. The minimum absolute atomic E-state index is 0.905. The molecule has 0 aromatic heterocycles. The van der Waals surface area contributed by atoms with Crippen molar-refractivity contribution in [3.8, 4) is 23.7 Å².